The van der Waals surface area contributed by atoms with Crippen molar-refractivity contribution in [2.24, 2.45) is 0 Å². The van der Waals surface area contributed by atoms with Gasteiger partial charge in [-0.15, -0.1) is 0 Å². The van der Waals surface area contributed by atoms with Gasteiger partial charge in [0.25, 0.3) is 0 Å². The molecule has 138 valence electrons. The van der Waals surface area contributed by atoms with Crippen LogP contribution in [0.15, 0.2) is 24.3 Å². The molecule has 8 heteroatoms. The third-order valence-corrected chi connectivity index (χ3v) is 5.93. The molecule has 0 bridgehead atoms. The van der Waals surface area contributed by atoms with Crippen LogP contribution in [0, 0.1) is 0 Å². The normalized spacial score (nSPS) is 16.2. The van der Waals surface area contributed by atoms with Crippen molar-refractivity contribution in [3.63, 3.8) is 0 Å². The molecule has 1 amide bonds. The molecule has 25 heavy (non-hydrogen) atoms. The number of likely N-dealkylation sites (tertiary alicyclic amines) is 1. The third kappa shape index (κ3) is 5.02. The molecule has 1 aromatic rings. The molecule has 1 aliphatic rings. The van der Waals surface area contributed by atoms with Crippen LogP contribution in [0.5, 0.6) is 0 Å². The SMILES string of the molecule is CCN(C1CCN(C(=O)Cc2ccc(C(=O)O)cc2)CC1)S(C)(=O)=O. The van der Waals surface area contributed by atoms with Crippen LogP contribution >= 0.6 is 0 Å². The number of nitrogens with zero attached hydrogens (tertiary/aromatic N) is 2. The van der Waals surface area contributed by atoms with Crippen molar-refractivity contribution in [3.05, 3.63) is 35.4 Å². The van der Waals surface area contributed by atoms with E-state index in [-0.39, 0.29) is 23.9 Å². The highest BCUT2D eigenvalue weighted by molar-refractivity contribution is 7.88. The van der Waals surface area contributed by atoms with Crippen LogP contribution in [0.25, 0.3) is 0 Å². The van der Waals surface area contributed by atoms with Crippen molar-refractivity contribution in [1.82, 2.24) is 9.21 Å². The van der Waals surface area contributed by atoms with E-state index in [2.05, 4.69) is 0 Å². The number of benzene rings is 1. The lowest BCUT2D eigenvalue weighted by Gasteiger charge is -2.37. The van der Waals surface area contributed by atoms with Gasteiger partial charge < -0.3 is 10.0 Å². The van der Waals surface area contributed by atoms with Gasteiger partial charge >= 0.3 is 5.97 Å². The van der Waals surface area contributed by atoms with E-state index < -0.39 is 16.0 Å². The Morgan fingerprint density at radius 2 is 1.76 bits per heavy atom. The first kappa shape index (κ1) is 19.4. The molecule has 1 aliphatic heterocycles. The summed E-state index contributed by atoms with van der Waals surface area (Å²) in [6.07, 6.45) is 2.69. The average Bonchev–Trinajstić information content (AvgIpc) is 2.55. The first-order chi connectivity index (χ1) is 11.7. The van der Waals surface area contributed by atoms with E-state index in [9.17, 15) is 18.0 Å². The molecule has 1 aromatic carbocycles. The van der Waals surface area contributed by atoms with Gasteiger partial charge in [0.2, 0.25) is 15.9 Å². The highest BCUT2D eigenvalue weighted by Gasteiger charge is 2.30. The quantitative estimate of drug-likeness (QED) is 0.814. The van der Waals surface area contributed by atoms with Crippen molar-refractivity contribution in [2.45, 2.75) is 32.2 Å². The van der Waals surface area contributed by atoms with Crippen molar-refractivity contribution in [1.29, 1.82) is 0 Å². The van der Waals surface area contributed by atoms with Gasteiger partial charge in [-0.2, -0.15) is 4.31 Å². The van der Waals surface area contributed by atoms with E-state index in [0.717, 1.165) is 5.56 Å². The van der Waals surface area contributed by atoms with E-state index in [1.165, 1.54) is 22.7 Å². The number of rotatable bonds is 6. The van der Waals surface area contributed by atoms with E-state index >= 15 is 0 Å². The maximum atomic E-state index is 12.4. The van der Waals surface area contributed by atoms with E-state index in [1.54, 1.807) is 17.0 Å². The van der Waals surface area contributed by atoms with Crippen LogP contribution < -0.4 is 0 Å². The van der Waals surface area contributed by atoms with Crippen LogP contribution in [0.2, 0.25) is 0 Å². The molecule has 0 aromatic heterocycles. The molecule has 1 heterocycles. The van der Waals surface area contributed by atoms with Crippen LogP contribution in [-0.2, 0) is 21.2 Å². The van der Waals surface area contributed by atoms with Crippen molar-refractivity contribution >= 4 is 21.9 Å². The summed E-state index contributed by atoms with van der Waals surface area (Å²) in [5, 5.41) is 8.89. The van der Waals surface area contributed by atoms with Crippen molar-refractivity contribution in [2.75, 3.05) is 25.9 Å². The molecule has 0 spiro atoms. The first-order valence-corrected chi connectivity index (χ1v) is 10.1. The third-order valence-electron chi connectivity index (χ3n) is 4.52. The topological polar surface area (TPSA) is 95.0 Å². The standard InChI is InChI=1S/C17H24N2O5S/c1-3-19(25(2,23)24)15-8-10-18(11-9-15)16(20)12-13-4-6-14(7-5-13)17(21)22/h4-7,15H,3,8-12H2,1-2H3,(H,21,22). The molecule has 1 saturated heterocycles. The first-order valence-electron chi connectivity index (χ1n) is 8.29. The second-order valence-corrected chi connectivity index (χ2v) is 8.19. The lowest BCUT2D eigenvalue weighted by atomic mass is 10.0. The maximum absolute atomic E-state index is 12.4. The van der Waals surface area contributed by atoms with Crippen molar-refractivity contribution < 1.29 is 23.1 Å². The van der Waals surface area contributed by atoms with Gasteiger partial charge in [0.15, 0.2) is 0 Å². The monoisotopic (exact) mass is 368 g/mol. The molecule has 2 rings (SSSR count). The van der Waals surface area contributed by atoms with Crippen molar-refractivity contribution in [3.8, 4) is 0 Å². The van der Waals surface area contributed by atoms with Crippen LogP contribution in [0.3, 0.4) is 0 Å². The molecular weight excluding hydrogens is 344 g/mol. The van der Waals surface area contributed by atoms with Crippen LogP contribution in [0.1, 0.15) is 35.7 Å². The summed E-state index contributed by atoms with van der Waals surface area (Å²) in [5.74, 6) is -1.02. The Morgan fingerprint density at radius 3 is 2.20 bits per heavy atom. The highest BCUT2D eigenvalue weighted by Crippen LogP contribution is 2.19. The van der Waals surface area contributed by atoms with E-state index in [4.69, 9.17) is 5.11 Å². The largest absolute Gasteiger partial charge is 0.478 e. The molecule has 7 nitrogen and oxygen atoms in total. The molecule has 0 radical (unpaired) electrons. The van der Waals surface area contributed by atoms with Gasteiger partial charge in [-0.1, -0.05) is 19.1 Å². The molecular formula is C17H24N2O5S. The maximum Gasteiger partial charge on any atom is 0.335 e. The summed E-state index contributed by atoms with van der Waals surface area (Å²) in [6.45, 7) is 3.32. The van der Waals surface area contributed by atoms with Gasteiger partial charge in [0.1, 0.15) is 0 Å². The Labute approximate surface area is 148 Å². The lowest BCUT2D eigenvalue weighted by molar-refractivity contribution is -0.131. The number of aromatic carboxylic acids is 1. The van der Waals surface area contributed by atoms with Gasteiger partial charge in [-0.25, -0.2) is 13.2 Å². The summed E-state index contributed by atoms with van der Waals surface area (Å²) in [6, 6.07) is 6.22. The zero-order chi connectivity index (χ0) is 18.6. The number of amides is 1. The minimum absolute atomic E-state index is 0.0241. The fourth-order valence-corrected chi connectivity index (χ4v) is 4.44. The molecule has 1 fully saturated rings. The lowest BCUT2D eigenvalue weighted by Crippen LogP contribution is -2.48. The average molecular weight is 368 g/mol. The summed E-state index contributed by atoms with van der Waals surface area (Å²) in [5.41, 5.74) is 0.959. The number of carboxylic acid groups (broad SMARTS) is 1. The highest BCUT2D eigenvalue weighted by atomic mass is 32.2. The fourth-order valence-electron chi connectivity index (χ4n) is 3.22. The second kappa shape index (κ2) is 7.97. The number of sulfonamides is 1. The molecule has 0 unspecified atom stereocenters. The molecule has 0 atom stereocenters. The predicted octanol–water partition coefficient (Wildman–Crippen LogP) is 1.20. The number of hydrogen-bond acceptors (Lipinski definition) is 4. The Kier molecular flexibility index (Phi) is 6.18. The Hall–Kier alpha value is -1.93. The Balaban J connectivity index is 1.92. The van der Waals surface area contributed by atoms with E-state index in [0.29, 0.717) is 32.5 Å². The van der Waals surface area contributed by atoms with Crippen LogP contribution in [0.4, 0.5) is 0 Å². The zero-order valence-electron chi connectivity index (χ0n) is 14.5. The fraction of sp³-hybridized carbons (Fsp3) is 0.529. The zero-order valence-corrected chi connectivity index (χ0v) is 15.3. The summed E-state index contributed by atoms with van der Waals surface area (Å²) in [7, 11) is -3.23. The summed E-state index contributed by atoms with van der Waals surface area (Å²) < 4.78 is 25.1. The summed E-state index contributed by atoms with van der Waals surface area (Å²) >= 11 is 0. The number of carbonyl (C=O) groups excluding carboxylic acids is 1. The minimum atomic E-state index is -3.23. The number of carboxylic acids is 1. The molecule has 1 N–H and O–H groups in total. The van der Waals surface area contributed by atoms with Gasteiger partial charge in [0.05, 0.1) is 18.2 Å². The minimum Gasteiger partial charge on any atom is -0.478 e. The molecule has 0 aliphatic carbocycles. The number of piperidine rings is 1. The van der Waals surface area contributed by atoms with Gasteiger partial charge in [-0.3, -0.25) is 4.79 Å². The van der Waals surface area contributed by atoms with Gasteiger partial charge in [0, 0.05) is 25.7 Å². The second-order valence-electron chi connectivity index (χ2n) is 6.26. The number of carbonyl (C=O) groups is 2. The Morgan fingerprint density at radius 1 is 1.20 bits per heavy atom. The van der Waals surface area contributed by atoms with Crippen LogP contribution in [-0.4, -0.2) is 66.5 Å². The van der Waals surface area contributed by atoms with Gasteiger partial charge in [-0.05, 0) is 30.5 Å². The van der Waals surface area contributed by atoms with E-state index in [1.807, 2.05) is 6.92 Å². The predicted molar refractivity (Wildman–Crippen MR) is 93.9 cm³/mol. The smallest absolute Gasteiger partial charge is 0.335 e. The Bertz CT molecular complexity index is 722. The summed E-state index contributed by atoms with van der Waals surface area (Å²) in [4.78, 5) is 25.0. The molecule has 0 saturated carbocycles. The number of hydrogen-bond donors (Lipinski definition) is 1.